The Labute approximate surface area is 120 Å². The Kier molecular flexibility index (Phi) is 6.95. The minimum Gasteiger partial charge on any atom is -0.381 e. The minimum atomic E-state index is -1.31. The van der Waals surface area contributed by atoms with E-state index < -0.39 is 18.1 Å². The molecule has 2 unspecified atom stereocenters. The second-order valence-corrected chi connectivity index (χ2v) is 6.03. The summed E-state index contributed by atoms with van der Waals surface area (Å²) >= 11 is 0. The zero-order valence-corrected chi connectivity index (χ0v) is 12.4. The van der Waals surface area contributed by atoms with Crippen molar-refractivity contribution in [2.75, 3.05) is 0 Å². The van der Waals surface area contributed by atoms with Gasteiger partial charge in [0, 0.05) is 5.92 Å². The number of hydrazine groups is 1. The Bertz CT molecular complexity index is 328. The van der Waals surface area contributed by atoms with Gasteiger partial charge in [-0.25, -0.2) is 5.84 Å². The van der Waals surface area contributed by atoms with Crippen molar-refractivity contribution in [3.63, 3.8) is 0 Å². The molecular weight excluding hydrogens is 258 g/mol. The van der Waals surface area contributed by atoms with Crippen molar-refractivity contribution < 1.29 is 14.7 Å². The van der Waals surface area contributed by atoms with Crippen LogP contribution in [0.5, 0.6) is 0 Å². The van der Waals surface area contributed by atoms with Crippen LogP contribution in [0.3, 0.4) is 0 Å². The van der Waals surface area contributed by atoms with Crippen molar-refractivity contribution in [1.29, 1.82) is 0 Å². The van der Waals surface area contributed by atoms with E-state index >= 15 is 0 Å². The average Bonchev–Trinajstić information content (AvgIpc) is 2.45. The topological polar surface area (TPSA) is 104 Å². The molecule has 0 radical (unpaired) electrons. The third kappa shape index (κ3) is 5.09. The molecule has 6 nitrogen and oxygen atoms in total. The second-order valence-electron chi connectivity index (χ2n) is 6.03. The standard InChI is InChI=1S/C14H27N3O3/c1-9(2)8-11(12(18)14(20)17-15)16-13(19)10-6-4-3-5-7-10/h9-12,18H,3-8,15H2,1-2H3,(H,16,19)(H,17,20). The van der Waals surface area contributed by atoms with Gasteiger partial charge in [0.25, 0.3) is 5.91 Å². The third-order valence-electron chi connectivity index (χ3n) is 3.82. The lowest BCUT2D eigenvalue weighted by atomic mass is 9.88. The van der Waals surface area contributed by atoms with Crippen LogP contribution in [0.4, 0.5) is 0 Å². The summed E-state index contributed by atoms with van der Waals surface area (Å²) in [7, 11) is 0. The van der Waals surface area contributed by atoms with Crippen LogP contribution in [0.2, 0.25) is 0 Å². The summed E-state index contributed by atoms with van der Waals surface area (Å²) in [4.78, 5) is 23.7. The van der Waals surface area contributed by atoms with Crippen LogP contribution in [0, 0.1) is 11.8 Å². The number of aliphatic hydroxyl groups is 1. The van der Waals surface area contributed by atoms with Gasteiger partial charge in [0.15, 0.2) is 6.10 Å². The molecular formula is C14H27N3O3. The van der Waals surface area contributed by atoms with Crippen molar-refractivity contribution in [2.24, 2.45) is 17.7 Å². The first kappa shape index (κ1) is 16.9. The first-order chi connectivity index (χ1) is 9.45. The zero-order valence-electron chi connectivity index (χ0n) is 12.4. The Hall–Kier alpha value is -1.14. The maximum absolute atomic E-state index is 12.2. The van der Waals surface area contributed by atoms with Gasteiger partial charge in [0.05, 0.1) is 6.04 Å². The van der Waals surface area contributed by atoms with Crippen molar-refractivity contribution in [2.45, 2.75) is 64.5 Å². The van der Waals surface area contributed by atoms with E-state index in [2.05, 4.69) is 5.32 Å². The first-order valence-corrected chi connectivity index (χ1v) is 7.44. The molecule has 0 bridgehead atoms. The monoisotopic (exact) mass is 285 g/mol. The van der Waals surface area contributed by atoms with Crippen LogP contribution < -0.4 is 16.6 Å². The summed E-state index contributed by atoms with van der Waals surface area (Å²) in [5.41, 5.74) is 1.93. The lowest BCUT2D eigenvalue weighted by Crippen LogP contribution is -2.53. The number of carbonyl (C=O) groups excluding carboxylic acids is 2. The number of amides is 2. The summed E-state index contributed by atoms with van der Waals surface area (Å²) in [6.45, 7) is 3.96. The van der Waals surface area contributed by atoms with Crippen LogP contribution in [0.1, 0.15) is 52.4 Å². The van der Waals surface area contributed by atoms with Crippen LogP contribution in [-0.4, -0.2) is 29.1 Å². The molecule has 0 aromatic carbocycles. The number of aliphatic hydroxyl groups excluding tert-OH is 1. The number of hydrogen-bond acceptors (Lipinski definition) is 4. The van der Waals surface area contributed by atoms with E-state index in [4.69, 9.17) is 5.84 Å². The molecule has 0 saturated heterocycles. The van der Waals surface area contributed by atoms with E-state index in [1.54, 1.807) is 0 Å². The maximum Gasteiger partial charge on any atom is 0.264 e. The molecule has 2 atom stereocenters. The molecule has 1 rings (SSSR count). The Morgan fingerprint density at radius 3 is 2.35 bits per heavy atom. The van der Waals surface area contributed by atoms with Crippen molar-refractivity contribution in [3.8, 4) is 0 Å². The molecule has 1 aliphatic carbocycles. The number of nitrogens with two attached hydrogens (primary N) is 1. The third-order valence-corrected chi connectivity index (χ3v) is 3.82. The molecule has 0 heterocycles. The van der Waals surface area contributed by atoms with Gasteiger partial charge >= 0.3 is 0 Å². The van der Waals surface area contributed by atoms with Gasteiger partial charge in [0.1, 0.15) is 0 Å². The quantitative estimate of drug-likeness (QED) is 0.323. The van der Waals surface area contributed by atoms with Crippen LogP contribution in [0.15, 0.2) is 0 Å². The molecule has 1 aliphatic rings. The zero-order chi connectivity index (χ0) is 15.1. The molecule has 0 aromatic heterocycles. The fraction of sp³-hybridized carbons (Fsp3) is 0.857. The Morgan fingerprint density at radius 1 is 1.25 bits per heavy atom. The number of hydrogen-bond donors (Lipinski definition) is 4. The molecule has 6 heteroatoms. The van der Waals surface area contributed by atoms with Gasteiger partial charge in [-0.15, -0.1) is 0 Å². The smallest absolute Gasteiger partial charge is 0.264 e. The predicted molar refractivity (Wildman–Crippen MR) is 76.3 cm³/mol. The van der Waals surface area contributed by atoms with Gasteiger partial charge in [-0.3, -0.25) is 15.0 Å². The summed E-state index contributed by atoms with van der Waals surface area (Å²) in [5.74, 6) is 4.58. The van der Waals surface area contributed by atoms with E-state index in [1.165, 1.54) is 6.42 Å². The summed E-state index contributed by atoms with van der Waals surface area (Å²) < 4.78 is 0. The normalized spacial score (nSPS) is 19.4. The highest BCUT2D eigenvalue weighted by Gasteiger charge is 2.30. The summed E-state index contributed by atoms with van der Waals surface area (Å²) in [6, 6.07) is -0.590. The van der Waals surface area contributed by atoms with E-state index in [1.807, 2.05) is 19.3 Å². The van der Waals surface area contributed by atoms with Crippen molar-refractivity contribution in [3.05, 3.63) is 0 Å². The van der Waals surface area contributed by atoms with Gasteiger partial charge in [-0.05, 0) is 25.2 Å². The van der Waals surface area contributed by atoms with Crippen molar-refractivity contribution >= 4 is 11.8 Å². The molecule has 116 valence electrons. The SMILES string of the molecule is CC(C)CC(NC(=O)C1CCCCC1)C(O)C(=O)NN. The lowest BCUT2D eigenvalue weighted by molar-refractivity contribution is -0.133. The Morgan fingerprint density at radius 2 is 1.85 bits per heavy atom. The first-order valence-electron chi connectivity index (χ1n) is 7.44. The summed E-state index contributed by atoms with van der Waals surface area (Å²) in [5, 5.41) is 12.8. The molecule has 1 fully saturated rings. The second kappa shape index (κ2) is 8.21. The highest BCUT2D eigenvalue weighted by Crippen LogP contribution is 2.24. The lowest BCUT2D eigenvalue weighted by Gasteiger charge is -2.28. The van der Waals surface area contributed by atoms with E-state index in [0.717, 1.165) is 25.7 Å². The molecule has 0 aliphatic heterocycles. The predicted octanol–water partition coefficient (Wildman–Crippen LogP) is 0.448. The van der Waals surface area contributed by atoms with Gasteiger partial charge in [0.2, 0.25) is 5.91 Å². The average molecular weight is 285 g/mol. The number of nitrogens with one attached hydrogen (secondary N) is 2. The minimum absolute atomic E-state index is 0.00606. The fourth-order valence-electron chi connectivity index (χ4n) is 2.71. The van der Waals surface area contributed by atoms with Gasteiger partial charge < -0.3 is 10.4 Å². The van der Waals surface area contributed by atoms with E-state index in [-0.39, 0.29) is 17.7 Å². The fourth-order valence-corrected chi connectivity index (χ4v) is 2.71. The van der Waals surface area contributed by atoms with Crippen LogP contribution in [-0.2, 0) is 9.59 Å². The van der Waals surface area contributed by atoms with Gasteiger partial charge in [-0.2, -0.15) is 0 Å². The molecule has 0 aromatic rings. The molecule has 2 amide bonds. The number of carbonyl (C=O) groups is 2. The molecule has 1 saturated carbocycles. The van der Waals surface area contributed by atoms with Crippen LogP contribution >= 0.6 is 0 Å². The Balaban J connectivity index is 2.63. The highest BCUT2D eigenvalue weighted by atomic mass is 16.3. The molecule has 20 heavy (non-hydrogen) atoms. The van der Waals surface area contributed by atoms with E-state index in [0.29, 0.717) is 6.42 Å². The molecule has 0 spiro atoms. The van der Waals surface area contributed by atoms with E-state index in [9.17, 15) is 14.7 Å². The van der Waals surface area contributed by atoms with Crippen LogP contribution in [0.25, 0.3) is 0 Å². The number of rotatable bonds is 6. The van der Waals surface area contributed by atoms with Crippen molar-refractivity contribution in [1.82, 2.24) is 10.7 Å². The maximum atomic E-state index is 12.2. The molecule has 5 N–H and O–H groups in total. The highest BCUT2D eigenvalue weighted by molar-refractivity contribution is 5.83. The summed E-state index contributed by atoms with van der Waals surface area (Å²) in [6.07, 6.45) is 4.32. The largest absolute Gasteiger partial charge is 0.381 e. The van der Waals surface area contributed by atoms with Gasteiger partial charge in [-0.1, -0.05) is 33.1 Å².